The van der Waals surface area contributed by atoms with Crippen molar-refractivity contribution in [3.05, 3.63) is 12.3 Å². The van der Waals surface area contributed by atoms with Gasteiger partial charge >= 0.3 is 0 Å². The van der Waals surface area contributed by atoms with Crippen molar-refractivity contribution in [3.63, 3.8) is 0 Å². The predicted octanol–water partition coefficient (Wildman–Crippen LogP) is 0.294. The second-order valence-corrected chi connectivity index (χ2v) is 7.91. The highest BCUT2D eigenvalue weighted by Crippen LogP contribution is 2.46. The first-order valence-electron chi connectivity index (χ1n) is 7.86. The van der Waals surface area contributed by atoms with Gasteiger partial charge in [0, 0.05) is 32.7 Å². The molecular weight excluding hydrogens is 304 g/mol. The van der Waals surface area contributed by atoms with Crippen LogP contribution in [0.2, 0.25) is 0 Å². The lowest BCUT2D eigenvalue weighted by Gasteiger charge is -2.30. The van der Waals surface area contributed by atoms with Gasteiger partial charge in [0.15, 0.2) is 5.03 Å². The highest BCUT2D eigenvalue weighted by atomic mass is 32.2. The number of nitrogens with zero attached hydrogens (tertiary/aromatic N) is 3. The number of hydrogen-bond acceptors (Lipinski definition) is 5. The van der Waals surface area contributed by atoms with Gasteiger partial charge in [0.25, 0.3) is 10.0 Å². The Hall–Kier alpha value is -0.960. The summed E-state index contributed by atoms with van der Waals surface area (Å²) in [4.78, 5) is 2.38. The minimum atomic E-state index is -3.49. The third-order valence-electron chi connectivity index (χ3n) is 4.51. The van der Waals surface area contributed by atoms with Crippen LogP contribution >= 0.6 is 0 Å². The fourth-order valence-corrected chi connectivity index (χ4v) is 4.25. The molecule has 22 heavy (non-hydrogen) atoms. The van der Waals surface area contributed by atoms with E-state index in [1.165, 1.54) is 10.9 Å². The molecule has 1 aliphatic carbocycles. The predicted molar refractivity (Wildman–Crippen MR) is 82.0 cm³/mol. The molecule has 1 aromatic heterocycles. The third kappa shape index (κ3) is 3.51. The maximum absolute atomic E-state index is 12.4. The summed E-state index contributed by atoms with van der Waals surface area (Å²) in [5.74, 6) is 0. The zero-order chi connectivity index (χ0) is 15.6. The molecule has 0 bridgehead atoms. The van der Waals surface area contributed by atoms with Crippen LogP contribution in [0.4, 0.5) is 0 Å². The minimum Gasteiger partial charge on any atom is -0.379 e. The van der Waals surface area contributed by atoms with Crippen molar-refractivity contribution in [1.29, 1.82) is 0 Å². The number of aryl methyl sites for hydroxylation is 1. The molecule has 2 heterocycles. The topological polar surface area (TPSA) is 76.5 Å². The van der Waals surface area contributed by atoms with Crippen LogP contribution < -0.4 is 4.72 Å². The van der Waals surface area contributed by atoms with E-state index in [1.54, 1.807) is 6.07 Å². The van der Waals surface area contributed by atoms with E-state index in [-0.39, 0.29) is 10.4 Å². The molecule has 2 aliphatic rings. The van der Waals surface area contributed by atoms with Crippen LogP contribution in [-0.2, 0) is 21.3 Å². The Bertz CT molecular complexity index is 603. The first-order chi connectivity index (χ1) is 10.5. The number of aromatic nitrogens is 2. The average Bonchev–Trinajstić information content (AvgIpc) is 3.10. The lowest BCUT2D eigenvalue weighted by atomic mass is 10.1. The molecule has 0 spiro atoms. The number of sulfonamides is 1. The first-order valence-corrected chi connectivity index (χ1v) is 9.35. The number of nitrogens with one attached hydrogen (secondary N) is 1. The van der Waals surface area contributed by atoms with E-state index >= 15 is 0 Å². The van der Waals surface area contributed by atoms with Crippen molar-refractivity contribution < 1.29 is 13.2 Å². The summed E-state index contributed by atoms with van der Waals surface area (Å²) in [6.07, 6.45) is 3.69. The lowest BCUT2D eigenvalue weighted by molar-refractivity contribution is 0.0288. The highest BCUT2D eigenvalue weighted by molar-refractivity contribution is 7.89. The third-order valence-corrected chi connectivity index (χ3v) is 5.93. The summed E-state index contributed by atoms with van der Waals surface area (Å²) in [6.45, 7) is 7.31. The maximum Gasteiger partial charge on any atom is 0.257 e. The molecule has 1 saturated carbocycles. The van der Waals surface area contributed by atoms with Crippen molar-refractivity contribution in [3.8, 4) is 0 Å². The van der Waals surface area contributed by atoms with Gasteiger partial charge in [-0.3, -0.25) is 9.58 Å². The second kappa shape index (κ2) is 6.27. The molecule has 0 radical (unpaired) electrons. The monoisotopic (exact) mass is 328 g/mol. The molecule has 0 aromatic carbocycles. The molecule has 0 amide bonds. The van der Waals surface area contributed by atoms with E-state index < -0.39 is 10.0 Å². The molecule has 1 aliphatic heterocycles. The molecule has 7 nitrogen and oxygen atoms in total. The van der Waals surface area contributed by atoms with Crippen molar-refractivity contribution in [1.82, 2.24) is 19.4 Å². The van der Waals surface area contributed by atoms with Crippen molar-refractivity contribution in [2.24, 2.45) is 5.41 Å². The van der Waals surface area contributed by atoms with Crippen LogP contribution in [0.1, 0.15) is 19.8 Å². The average molecular weight is 328 g/mol. The van der Waals surface area contributed by atoms with Crippen LogP contribution in [0, 0.1) is 5.41 Å². The Morgan fingerprint density at radius 2 is 2.09 bits per heavy atom. The summed E-state index contributed by atoms with van der Waals surface area (Å²) in [5.41, 5.74) is 0.0987. The number of hydrogen-bond donors (Lipinski definition) is 1. The summed E-state index contributed by atoms with van der Waals surface area (Å²) >= 11 is 0. The van der Waals surface area contributed by atoms with Crippen molar-refractivity contribution in [2.75, 3.05) is 39.4 Å². The molecule has 0 unspecified atom stereocenters. The Labute approximate surface area is 131 Å². The fourth-order valence-electron chi connectivity index (χ4n) is 2.91. The Morgan fingerprint density at radius 3 is 2.73 bits per heavy atom. The Balaban J connectivity index is 1.59. The summed E-state index contributed by atoms with van der Waals surface area (Å²) < 4.78 is 34.5. The van der Waals surface area contributed by atoms with Gasteiger partial charge in [-0.15, -0.1) is 0 Å². The number of rotatable bonds is 7. The first kappa shape index (κ1) is 15.9. The van der Waals surface area contributed by atoms with E-state index in [1.807, 2.05) is 6.92 Å². The van der Waals surface area contributed by atoms with Crippen LogP contribution in [0.15, 0.2) is 17.3 Å². The zero-order valence-corrected chi connectivity index (χ0v) is 13.8. The summed E-state index contributed by atoms with van der Waals surface area (Å²) in [6, 6.07) is 1.55. The van der Waals surface area contributed by atoms with Crippen LogP contribution in [-0.4, -0.2) is 62.5 Å². The minimum absolute atomic E-state index is 0.0987. The van der Waals surface area contributed by atoms with Crippen LogP contribution in [0.25, 0.3) is 0 Å². The molecule has 1 aromatic rings. The van der Waals surface area contributed by atoms with E-state index in [0.717, 1.165) is 45.7 Å². The van der Waals surface area contributed by atoms with Gasteiger partial charge in [0.2, 0.25) is 0 Å². The van der Waals surface area contributed by atoms with E-state index in [2.05, 4.69) is 14.7 Å². The number of morpholine rings is 1. The molecule has 1 N–H and O–H groups in total. The molecule has 3 rings (SSSR count). The molecule has 2 fully saturated rings. The van der Waals surface area contributed by atoms with Gasteiger partial charge in [0.1, 0.15) is 0 Å². The molecule has 124 valence electrons. The van der Waals surface area contributed by atoms with E-state index in [0.29, 0.717) is 13.1 Å². The normalized spacial score (nSPS) is 21.9. The van der Waals surface area contributed by atoms with E-state index in [9.17, 15) is 8.42 Å². The molecule has 1 saturated heterocycles. The summed E-state index contributed by atoms with van der Waals surface area (Å²) in [5, 5.41) is 4.28. The smallest absolute Gasteiger partial charge is 0.257 e. The highest BCUT2D eigenvalue weighted by Gasteiger charge is 2.44. The Morgan fingerprint density at radius 1 is 1.36 bits per heavy atom. The van der Waals surface area contributed by atoms with Gasteiger partial charge in [-0.05, 0) is 31.2 Å². The van der Waals surface area contributed by atoms with Gasteiger partial charge in [-0.2, -0.15) is 5.10 Å². The molecule has 8 heteroatoms. The SMILES string of the molecule is CCn1nccc1S(=O)(=O)NCC1(CN2CCOCC2)CC1. The maximum atomic E-state index is 12.4. The van der Waals surface area contributed by atoms with Crippen molar-refractivity contribution in [2.45, 2.75) is 31.3 Å². The van der Waals surface area contributed by atoms with Gasteiger partial charge in [-0.25, -0.2) is 13.1 Å². The largest absolute Gasteiger partial charge is 0.379 e. The molecular formula is C14H24N4O3S. The zero-order valence-electron chi connectivity index (χ0n) is 13.0. The van der Waals surface area contributed by atoms with Crippen molar-refractivity contribution >= 4 is 10.0 Å². The lowest BCUT2D eigenvalue weighted by Crippen LogP contribution is -2.43. The Kier molecular flexibility index (Phi) is 4.54. The van der Waals surface area contributed by atoms with Crippen LogP contribution in [0.5, 0.6) is 0 Å². The van der Waals surface area contributed by atoms with Gasteiger partial charge in [-0.1, -0.05) is 0 Å². The molecule has 0 atom stereocenters. The van der Waals surface area contributed by atoms with Gasteiger partial charge < -0.3 is 4.74 Å². The fraction of sp³-hybridized carbons (Fsp3) is 0.786. The second-order valence-electron chi connectivity index (χ2n) is 6.20. The van der Waals surface area contributed by atoms with E-state index in [4.69, 9.17) is 4.74 Å². The van der Waals surface area contributed by atoms with Gasteiger partial charge in [0.05, 0.1) is 19.4 Å². The summed E-state index contributed by atoms with van der Waals surface area (Å²) in [7, 11) is -3.49. The standard InChI is InChI=1S/C14H24N4O3S/c1-2-18-13(3-6-15-18)22(19,20)16-11-14(4-5-14)12-17-7-9-21-10-8-17/h3,6,16H,2,4-5,7-12H2,1H3. The quantitative estimate of drug-likeness (QED) is 0.779. The van der Waals surface area contributed by atoms with Crippen LogP contribution in [0.3, 0.4) is 0 Å². The number of ether oxygens (including phenoxy) is 1.